The minimum Gasteiger partial charge on any atom is -0.491 e. The molecular weight excluding hydrogens is 366 g/mol. The number of rotatable bonds is 10. The summed E-state index contributed by atoms with van der Waals surface area (Å²) in [5.41, 5.74) is 3.46. The fourth-order valence-electron chi connectivity index (χ4n) is 3.21. The minimum absolute atomic E-state index is 0.225. The first-order valence-corrected chi connectivity index (χ1v) is 10.1. The Morgan fingerprint density at radius 1 is 1.03 bits per heavy atom. The molecule has 0 bridgehead atoms. The summed E-state index contributed by atoms with van der Waals surface area (Å²) in [6.45, 7) is 5.98. The Morgan fingerprint density at radius 2 is 1.69 bits per heavy atom. The lowest BCUT2D eigenvalue weighted by Gasteiger charge is -2.26. The molecule has 0 aliphatic carbocycles. The third-order valence-corrected chi connectivity index (χ3v) is 4.89. The SMILES string of the molecule is N#CCc1ccc(OCC(O)CNCc2ccc(CN3CCOCC3)cc2)cc1. The van der Waals surface area contributed by atoms with E-state index in [9.17, 15) is 5.11 Å². The molecule has 0 saturated carbocycles. The zero-order valence-electron chi connectivity index (χ0n) is 16.7. The maximum absolute atomic E-state index is 10.1. The van der Waals surface area contributed by atoms with Crippen LogP contribution in [0.2, 0.25) is 0 Å². The van der Waals surface area contributed by atoms with E-state index in [0.29, 0.717) is 25.3 Å². The lowest BCUT2D eigenvalue weighted by Crippen LogP contribution is -2.35. The maximum atomic E-state index is 10.1. The van der Waals surface area contributed by atoms with Crippen LogP contribution in [-0.4, -0.2) is 55.6 Å². The average Bonchev–Trinajstić information content (AvgIpc) is 2.75. The molecule has 2 N–H and O–H groups in total. The summed E-state index contributed by atoms with van der Waals surface area (Å²) in [7, 11) is 0. The van der Waals surface area contributed by atoms with Gasteiger partial charge < -0.3 is 19.9 Å². The molecule has 1 saturated heterocycles. The Hall–Kier alpha value is -2.43. The zero-order valence-corrected chi connectivity index (χ0v) is 16.7. The first-order chi connectivity index (χ1) is 14.2. The number of hydrogen-bond acceptors (Lipinski definition) is 6. The Balaban J connectivity index is 1.33. The van der Waals surface area contributed by atoms with Crippen LogP contribution in [0.1, 0.15) is 16.7 Å². The molecule has 154 valence electrons. The van der Waals surface area contributed by atoms with Gasteiger partial charge in [-0.1, -0.05) is 36.4 Å². The predicted octanol–water partition coefficient (Wildman–Crippen LogP) is 2.11. The van der Waals surface area contributed by atoms with Crippen molar-refractivity contribution in [3.8, 4) is 11.8 Å². The fraction of sp³-hybridized carbons (Fsp3) is 0.435. The van der Waals surface area contributed by atoms with Crippen molar-refractivity contribution in [2.45, 2.75) is 25.6 Å². The number of benzene rings is 2. The molecule has 0 aromatic heterocycles. The Bertz CT molecular complexity index is 765. The normalized spacial score (nSPS) is 15.6. The van der Waals surface area contributed by atoms with E-state index in [-0.39, 0.29) is 6.61 Å². The molecule has 1 fully saturated rings. The van der Waals surface area contributed by atoms with Gasteiger partial charge in [0, 0.05) is 32.7 Å². The second-order valence-electron chi connectivity index (χ2n) is 7.28. The second-order valence-corrected chi connectivity index (χ2v) is 7.28. The fourth-order valence-corrected chi connectivity index (χ4v) is 3.21. The zero-order chi connectivity index (χ0) is 20.3. The molecular formula is C23H29N3O3. The number of aliphatic hydroxyl groups is 1. The number of nitriles is 1. The van der Waals surface area contributed by atoms with E-state index in [4.69, 9.17) is 14.7 Å². The standard InChI is InChI=1S/C23H29N3O3/c24-10-9-19-5-7-23(8-6-19)29-18-22(27)16-25-15-20-1-3-21(4-2-20)17-26-11-13-28-14-12-26/h1-8,22,25,27H,9,11-18H2. The van der Waals surface area contributed by atoms with Crippen LogP contribution >= 0.6 is 0 Å². The average molecular weight is 396 g/mol. The largest absolute Gasteiger partial charge is 0.491 e. The lowest BCUT2D eigenvalue weighted by molar-refractivity contribution is 0.0342. The minimum atomic E-state index is -0.589. The molecule has 29 heavy (non-hydrogen) atoms. The highest BCUT2D eigenvalue weighted by molar-refractivity contribution is 5.28. The van der Waals surface area contributed by atoms with Crippen molar-refractivity contribution >= 4 is 0 Å². The molecule has 0 spiro atoms. The summed E-state index contributed by atoms with van der Waals surface area (Å²) in [6.07, 6.45) is -0.199. The van der Waals surface area contributed by atoms with E-state index in [0.717, 1.165) is 38.4 Å². The van der Waals surface area contributed by atoms with Gasteiger partial charge in [0.25, 0.3) is 0 Å². The quantitative estimate of drug-likeness (QED) is 0.642. The van der Waals surface area contributed by atoms with Gasteiger partial charge in [-0.3, -0.25) is 4.90 Å². The number of hydrogen-bond donors (Lipinski definition) is 2. The molecule has 1 atom stereocenters. The van der Waals surface area contributed by atoms with E-state index >= 15 is 0 Å². The summed E-state index contributed by atoms with van der Waals surface area (Å²) < 4.78 is 11.0. The molecule has 2 aromatic carbocycles. The first-order valence-electron chi connectivity index (χ1n) is 10.1. The van der Waals surface area contributed by atoms with E-state index < -0.39 is 6.10 Å². The lowest BCUT2D eigenvalue weighted by atomic mass is 10.1. The predicted molar refractivity (Wildman–Crippen MR) is 112 cm³/mol. The Kier molecular flexibility index (Phi) is 8.47. The molecule has 6 heteroatoms. The summed E-state index contributed by atoms with van der Waals surface area (Å²) >= 11 is 0. The van der Waals surface area contributed by atoms with Gasteiger partial charge in [-0.15, -0.1) is 0 Å². The van der Waals surface area contributed by atoms with Crippen molar-refractivity contribution in [1.29, 1.82) is 5.26 Å². The van der Waals surface area contributed by atoms with Crippen molar-refractivity contribution in [3.63, 3.8) is 0 Å². The molecule has 0 amide bonds. The number of nitrogens with zero attached hydrogens (tertiary/aromatic N) is 2. The smallest absolute Gasteiger partial charge is 0.119 e. The monoisotopic (exact) mass is 395 g/mol. The third kappa shape index (κ3) is 7.48. The van der Waals surface area contributed by atoms with Crippen LogP contribution in [0.5, 0.6) is 5.75 Å². The van der Waals surface area contributed by atoms with Crippen molar-refractivity contribution < 1.29 is 14.6 Å². The van der Waals surface area contributed by atoms with Crippen molar-refractivity contribution in [2.75, 3.05) is 39.5 Å². The van der Waals surface area contributed by atoms with Crippen molar-refractivity contribution in [2.24, 2.45) is 0 Å². The van der Waals surface area contributed by atoms with Gasteiger partial charge >= 0.3 is 0 Å². The second kappa shape index (κ2) is 11.5. The van der Waals surface area contributed by atoms with Gasteiger partial charge in [0.15, 0.2) is 0 Å². The molecule has 1 aliphatic rings. The molecule has 0 radical (unpaired) electrons. The van der Waals surface area contributed by atoms with Crippen LogP contribution in [0.4, 0.5) is 0 Å². The third-order valence-electron chi connectivity index (χ3n) is 4.89. The van der Waals surface area contributed by atoms with Crippen LogP contribution in [0.25, 0.3) is 0 Å². The molecule has 2 aromatic rings. The van der Waals surface area contributed by atoms with E-state index in [1.54, 1.807) is 0 Å². The molecule has 6 nitrogen and oxygen atoms in total. The van der Waals surface area contributed by atoms with E-state index in [1.165, 1.54) is 11.1 Å². The maximum Gasteiger partial charge on any atom is 0.119 e. The molecule has 1 unspecified atom stereocenters. The first kappa shape index (κ1) is 21.3. The Labute approximate surface area is 172 Å². The molecule has 1 heterocycles. The Morgan fingerprint density at radius 3 is 2.38 bits per heavy atom. The summed E-state index contributed by atoms with van der Waals surface area (Å²) in [6, 6.07) is 18.1. The van der Waals surface area contributed by atoms with Crippen LogP contribution < -0.4 is 10.1 Å². The van der Waals surface area contributed by atoms with Gasteiger partial charge in [0.2, 0.25) is 0 Å². The van der Waals surface area contributed by atoms with E-state index in [1.807, 2.05) is 24.3 Å². The number of nitrogens with one attached hydrogen (secondary N) is 1. The van der Waals surface area contributed by atoms with Gasteiger partial charge in [0.05, 0.1) is 25.7 Å². The highest BCUT2D eigenvalue weighted by Crippen LogP contribution is 2.13. The van der Waals surface area contributed by atoms with Crippen LogP contribution in [0.15, 0.2) is 48.5 Å². The van der Waals surface area contributed by atoms with Crippen LogP contribution in [0.3, 0.4) is 0 Å². The highest BCUT2D eigenvalue weighted by atomic mass is 16.5. The van der Waals surface area contributed by atoms with Crippen molar-refractivity contribution in [3.05, 3.63) is 65.2 Å². The number of aliphatic hydroxyl groups excluding tert-OH is 1. The van der Waals surface area contributed by atoms with Gasteiger partial charge in [-0.25, -0.2) is 0 Å². The van der Waals surface area contributed by atoms with Crippen LogP contribution in [0, 0.1) is 11.3 Å². The molecule has 3 rings (SSSR count). The van der Waals surface area contributed by atoms with Gasteiger partial charge in [-0.2, -0.15) is 5.26 Å². The van der Waals surface area contributed by atoms with Crippen LogP contribution in [-0.2, 0) is 24.2 Å². The summed E-state index contributed by atoms with van der Waals surface area (Å²) in [5.74, 6) is 0.696. The number of ether oxygens (including phenoxy) is 2. The summed E-state index contributed by atoms with van der Waals surface area (Å²) in [5, 5.41) is 22.1. The van der Waals surface area contributed by atoms with Gasteiger partial charge in [0.1, 0.15) is 18.5 Å². The summed E-state index contributed by atoms with van der Waals surface area (Å²) in [4.78, 5) is 2.41. The number of morpholine rings is 1. The van der Waals surface area contributed by atoms with Gasteiger partial charge in [-0.05, 0) is 28.8 Å². The highest BCUT2D eigenvalue weighted by Gasteiger charge is 2.10. The van der Waals surface area contributed by atoms with Crippen molar-refractivity contribution in [1.82, 2.24) is 10.2 Å². The van der Waals surface area contributed by atoms with E-state index in [2.05, 4.69) is 40.6 Å². The molecule has 1 aliphatic heterocycles. The topological polar surface area (TPSA) is 77.8 Å².